The monoisotopic (exact) mass is 260 g/mol. The molecule has 1 aromatic carbocycles. The predicted molar refractivity (Wildman–Crippen MR) is 72.8 cm³/mol. The zero-order chi connectivity index (χ0) is 14.3. The summed E-state index contributed by atoms with van der Waals surface area (Å²) in [6, 6.07) is 9.25. The van der Waals surface area contributed by atoms with Gasteiger partial charge in [0, 0.05) is 12.3 Å². The molecule has 19 heavy (non-hydrogen) atoms. The molecule has 1 aliphatic heterocycles. The van der Waals surface area contributed by atoms with Crippen LogP contribution in [0.5, 0.6) is 0 Å². The lowest BCUT2D eigenvalue weighted by molar-refractivity contribution is -0.152. The number of hydrogen-bond acceptors (Lipinski definition) is 3. The van der Waals surface area contributed by atoms with Gasteiger partial charge in [0.05, 0.1) is 0 Å². The minimum Gasteiger partial charge on any atom is -0.459 e. The van der Waals surface area contributed by atoms with Crippen molar-refractivity contribution in [3.05, 3.63) is 35.9 Å². The molecule has 0 saturated carbocycles. The lowest BCUT2D eigenvalue weighted by atomic mass is 9.69. The molecule has 0 radical (unpaired) electrons. The summed E-state index contributed by atoms with van der Waals surface area (Å²) in [5, 5.41) is 0. The molecule has 2 rings (SSSR count). The summed E-state index contributed by atoms with van der Waals surface area (Å²) in [5.41, 5.74) is -1.000. The quantitative estimate of drug-likeness (QED) is 0.620. The van der Waals surface area contributed by atoms with Gasteiger partial charge in [-0.15, -0.1) is 0 Å². The van der Waals surface area contributed by atoms with Gasteiger partial charge in [0.2, 0.25) is 0 Å². The van der Waals surface area contributed by atoms with Gasteiger partial charge in [0.15, 0.2) is 11.2 Å². The van der Waals surface area contributed by atoms with Crippen LogP contribution in [0.25, 0.3) is 0 Å². The standard InChI is InChI=1S/C16H20O3/c1-11(2)13(17)16(12-8-6-5-7-9-12)10-15(3,4)19-14(16)18/h5-9,11H,10H2,1-4H3/t16-/m0/s1. The van der Waals surface area contributed by atoms with Crippen molar-refractivity contribution in [3.63, 3.8) is 0 Å². The number of benzene rings is 1. The fraction of sp³-hybridized carbons (Fsp3) is 0.500. The van der Waals surface area contributed by atoms with Gasteiger partial charge in [-0.05, 0) is 19.4 Å². The molecule has 0 spiro atoms. The van der Waals surface area contributed by atoms with Crippen LogP contribution in [0.1, 0.15) is 39.7 Å². The molecule has 0 amide bonds. The first-order chi connectivity index (χ1) is 8.79. The third-order valence-corrected chi connectivity index (χ3v) is 3.62. The average molecular weight is 260 g/mol. The van der Waals surface area contributed by atoms with Crippen molar-refractivity contribution in [3.8, 4) is 0 Å². The minimum atomic E-state index is -1.14. The highest BCUT2D eigenvalue weighted by atomic mass is 16.6. The molecule has 1 aliphatic rings. The highest BCUT2D eigenvalue weighted by Crippen LogP contribution is 2.44. The third kappa shape index (κ3) is 2.18. The third-order valence-electron chi connectivity index (χ3n) is 3.62. The Hall–Kier alpha value is -1.64. The van der Waals surface area contributed by atoms with Gasteiger partial charge >= 0.3 is 5.97 Å². The molecular weight excluding hydrogens is 240 g/mol. The van der Waals surface area contributed by atoms with E-state index in [0.717, 1.165) is 5.56 Å². The van der Waals surface area contributed by atoms with E-state index in [1.54, 1.807) is 0 Å². The highest BCUT2D eigenvalue weighted by molar-refractivity contribution is 6.11. The van der Waals surface area contributed by atoms with E-state index in [0.29, 0.717) is 6.42 Å². The van der Waals surface area contributed by atoms with Gasteiger partial charge in [0.1, 0.15) is 5.60 Å². The van der Waals surface area contributed by atoms with Crippen LogP contribution in [0.2, 0.25) is 0 Å². The number of cyclic esters (lactones) is 1. The van der Waals surface area contributed by atoms with E-state index in [9.17, 15) is 9.59 Å². The normalized spacial score (nSPS) is 25.4. The highest BCUT2D eigenvalue weighted by Gasteiger charge is 2.58. The molecule has 0 N–H and O–H groups in total. The molecule has 1 fully saturated rings. The number of carbonyl (C=O) groups excluding carboxylic acids is 2. The fourth-order valence-electron chi connectivity index (χ4n) is 2.85. The van der Waals surface area contributed by atoms with Gasteiger partial charge in [-0.3, -0.25) is 9.59 Å². The zero-order valence-corrected chi connectivity index (χ0v) is 11.9. The molecule has 0 aromatic heterocycles. The molecular formula is C16H20O3. The number of carbonyl (C=O) groups is 2. The summed E-state index contributed by atoms with van der Waals surface area (Å²) in [4.78, 5) is 25.1. The number of esters is 1. The second kappa shape index (κ2) is 4.48. The van der Waals surface area contributed by atoms with E-state index >= 15 is 0 Å². The molecule has 1 aromatic rings. The maximum Gasteiger partial charge on any atom is 0.324 e. The van der Waals surface area contributed by atoms with Crippen molar-refractivity contribution in [2.45, 2.75) is 45.1 Å². The smallest absolute Gasteiger partial charge is 0.324 e. The molecule has 0 bridgehead atoms. The van der Waals surface area contributed by atoms with Crippen molar-refractivity contribution < 1.29 is 14.3 Å². The van der Waals surface area contributed by atoms with Crippen molar-refractivity contribution in [2.75, 3.05) is 0 Å². The van der Waals surface area contributed by atoms with Crippen LogP contribution in [-0.4, -0.2) is 17.4 Å². The summed E-state index contributed by atoms with van der Waals surface area (Å²) in [7, 11) is 0. The van der Waals surface area contributed by atoms with Gasteiger partial charge in [-0.2, -0.15) is 0 Å². The van der Waals surface area contributed by atoms with Crippen LogP contribution in [0.15, 0.2) is 30.3 Å². The van der Waals surface area contributed by atoms with E-state index in [1.807, 2.05) is 58.0 Å². The topological polar surface area (TPSA) is 43.4 Å². The molecule has 0 aliphatic carbocycles. The summed E-state index contributed by atoms with van der Waals surface area (Å²) in [6.45, 7) is 7.35. The Morgan fingerprint density at radius 2 is 1.79 bits per heavy atom. The molecule has 3 nitrogen and oxygen atoms in total. The van der Waals surface area contributed by atoms with Crippen LogP contribution in [0, 0.1) is 5.92 Å². The molecule has 1 heterocycles. The van der Waals surface area contributed by atoms with Crippen LogP contribution in [0.4, 0.5) is 0 Å². The van der Waals surface area contributed by atoms with E-state index in [4.69, 9.17) is 4.74 Å². The summed E-state index contributed by atoms with van der Waals surface area (Å²) in [6.07, 6.45) is 0.403. The molecule has 1 atom stereocenters. The predicted octanol–water partition coefficient (Wildman–Crippen LogP) is 2.88. The van der Waals surface area contributed by atoms with E-state index < -0.39 is 17.0 Å². The zero-order valence-electron chi connectivity index (χ0n) is 11.9. The lowest BCUT2D eigenvalue weighted by Gasteiger charge is -2.26. The van der Waals surface area contributed by atoms with Crippen molar-refractivity contribution in [1.29, 1.82) is 0 Å². The number of Topliss-reactive ketones (excluding diaryl/α,β-unsaturated/α-hetero) is 1. The molecule has 3 heteroatoms. The van der Waals surface area contributed by atoms with E-state index in [1.165, 1.54) is 0 Å². The number of hydrogen-bond donors (Lipinski definition) is 0. The number of ether oxygens (including phenoxy) is 1. The van der Waals surface area contributed by atoms with E-state index in [-0.39, 0.29) is 11.7 Å². The van der Waals surface area contributed by atoms with Crippen LogP contribution >= 0.6 is 0 Å². The van der Waals surface area contributed by atoms with Crippen LogP contribution in [-0.2, 0) is 19.7 Å². The Balaban J connectivity index is 2.59. The Morgan fingerprint density at radius 1 is 1.21 bits per heavy atom. The van der Waals surface area contributed by atoms with Gasteiger partial charge in [-0.25, -0.2) is 0 Å². The van der Waals surface area contributed by atoms with Crippen molar-refractivity contribution in [1.82, 2.24) is 0 Å². The Kier molecular flexibility index (Phi) is 3.25. The molecule has 1 saturated heterocycles. The number of ketones is 1. The fourth-order valence-corrected chi connectivity index (χ4v) is 2.85. The van der Waals surface area contributed by atoms with Gasteiger partial charge in [-0.1, -0.05) is 44.2 Å². The Bertz CT molecular complexity index is 502. The van der Waals surface area contributed by atoms with Crippen molar-refractivity contribution >= 4 is 11.8 Å². The summed E-state index contributed by atoms with van der Waals surface area (Å²) >= 11 is 0. The minimum absolute atomic E-state index is 0.0609. The maximum atomic E-state index is 12.7. The van der Waals surface area contributed by atoms with Crippen molar-refractivity contribution in [2.24, 2.45) is 5.92 Å². The average Bonchev–Trinajstić information content (AvgIpc) is 2.60. The number of rotatable bonds is 3. The Morgan fingerprint density at radius 3 is 2.21 bits per heavy atom. The largest absolute Gasteiger partial charge is 0.459 e. The summed E-state index contributed by atoms with van der Waals surface area (Å²) < 4.78 is 5.43. The van der Waals surface area contributed by atoms with Gasteiger partial charge in [0.25, 0.3) is 0 Å². The first-order valence-corrected chi connectivity index (χ1v) is 6.63. The Labute approximate surface area is 114 Å². The van der Waals surface area contributed by atoms with Gasteiger partial charge < -0.3 is 4.74 Å². The van der Waals surface area contributed by atoms with E-state index in [2.05, 4.69) is 0 Å². The first-order valence-electron chi connectivity index (χ1n) is 6.63. The molecule has 102 valence electrons. The molecule has 0 unspecified atom stereocenters. The maximum absolute atomic E-state index is 12.7. The SMILES string of the molecule is CC(C)C(=O)[C@@]1(c2ccccc2)CC(C)(C)OC1=O. The summed E-state index contributed by atoms with van der Waals surface area (Å²) in [5.74, 6) is -0.682. The van der Waals surface area contributed by atoms with Crippen LogP contribution < -0.4 is 0 Å². The lowest BCUT2D eigenvalue weighted by Crippen LogP contribution is -2.43. The first kappa shape index (κ1) is 13.8. The van der Waals surface area contributed by atoms with Crippen LogP contribution in [0.3, 0.4) is 0 Å². The second-order valence-corrected chi connectivity index (χ2v) is 6.12. The second-order valence-electron chi connectivity index (χ2n) is 6.12.